The highest BCUT2D eigenvalue weighted by atomic mass is 16.5. The molecule has 2 aromatic rings. The van der Waals surface area contributed by atoms with E-state index in [1.165, 1.54) is 0 Å². The molecule has 1 unspecified atom stereocenters. The van der Waals surface area contributed by atoms with Crippen molar-refractivity contribution in [2.24, 2.45) is 5.92 Å². The largest absolute Gasteiger partial charge is 0.478 e. The maximum absolute atomic E-state index is 12.8. The fourth-order valence-electron chi connectivity index (χ4n) is 3.88. The maximum Gasteiger partial charge on any atom is 0.257 e. The fraction of sp³-hybridized carbons (Fsp3) is 0.526. The van der Waals surface area contributed by atoms with Crippen LogP contribution < -0.4 is 9.64 Å². The molecule has 4 rings (SSSR count). The monoisotopic (exact) mass is 340 g/mol. The normalized spacial score (nSPS) is 20.9. The predicted molar refractivity (Wildman–Crippen MR) is 96.8 cm³/mol. The Morgan fingerprint density at radius 3 is 2.52 bits per heavy atom. The van der Waals surface area contributed by atoms with Crippen molar-refractivity contribution in [2.45, 2.75) is 25.7 Å². The van der Waals surface area contributed by atoms with Gasteiger partial charge in [0.05, 0.1) is 24.1 Å². The first kappa shape index (κ1) is 16.1. The first-order valence-corrected chi connectivity index (χ1v) is 9.11. The molecule has 0 radical (unpaired) electrons. The Morgan fingerprint density at radius 1 is 1.08 bits per heavy atom. The highest BCUT2D eigenvalue weighted by molar-refractivity contribution is 5.81. The summed E-state index contributed by atoms with van der Waals surface area (Å²) in [5.41, 5.74) is 1.68. The summed E-state index contributed by atoms with van der Waals surface area (Å²) in [5, 5.41) is 0. The van der Waals surface area contributed by atoms with Crippen molar-refractivity contribution in [3.63, 3.8) is 0 Å². The number of likely N-dealkylation sites (tertiary alicyclic amines) is 1. The molecule has 25 heavy (non-hydrogen) atoms. The molecule has 0 aliphatic carbocycles. The Bertz CT molecular complexity index is 773. The third kappa shape index (κ3) is 3.13. The van der Waals surface area contributed by atoms with Crippen molar-refractivity contribution in [3.05, 3.63) is 24.3 Å². The lowest BCUT2D eigenvalue weighted by molar-refractivity contribution is -0.134. The number of hydrogen-bond acceptors (Lipinski definition) is 5. The van der Waals surface area contributed by atoms with Crippen LogP contribution in [0.15, 0.2) is 24.3 Å². The van der Waals surface area contributed by atoms with Crippen LogP contribution >= 0.6 is 0 Å². The highest BCUT2D eigenvalue weighted by Gasteiger charge is 2.32. The minimum atomic E-state index is 0.0461. The summed E-state index contributed by atoms with van der Waals surface area (Å²) in [5.74, 6) is 1.63. The second-order valence-electron chi connectivity index (χ2n) is 6.86. The summed E-state index contributed by atoms with van der Waals surface area (Å²) < 4.78 is 5.49. The van der Waals surface area contributed by atoms with E-state index in [-0.39, 0.29) is 5.92 Å². The second-order valence-corrected chi connectivity index (χ2v) is 6.86. The molecule has 1 amide bonds. The zero-order valence-corrected chi connectivity index (χ0v) is 14.6. The number of carbonyl (C=O) groups excluding carboxylic acids is 1. The van der Waals surface area contributed by atoms with Crippen molar-refractivity contribution in [2.75, 3.05) is 38.2 Å². The number of rotatable bonds is 3. The van der Waals surface area contributed by atoms with Crippen LogP contribution in [0.1, 0.15) is 25.7 Å². The molecule has 6 nitrogen and oxygen atoms in total. The number of para-hydroxylation sites is 2. The number of benzene rings is 1. The Balaban J connectivity index is 1.60. The summed E-state index contributed by atoms with van der Waals surface area (Å²) in [4.78, 5) is 26.3. The lowest BCUT2D eigenvalue weighted by Gasteiger charge is -2.34. The average molecular weight is 340 g/mol. The van der Waals surface area contributed by atoms with Crippen LogP contribution in [0.5, 0.6) is 5.88 Å². The van der Waals surface area contributed by atoms with Gasteiger partial charge >= 0.3 is 0 Å². The van der Waals surface area contributed by atoms with E-state index in [4.69, 9.17) is 9.72 Å². The van der Waals surface area contributed by atoms with Crippen LogP contribution in [-0.2, 0) is 4.79 Å². The minimum Gasteiger partial charge on any atom is -0.478 e. The van der Waals surface area contributed by atoms with E-state index in [1.807, 2.05) is 29.2 Å². The van der Waals surface area contributed by atoms with Crippen molar-refractivity contribution >= 4 is 22.8 Å². The van der Waals surface area contributed by atoms with Gasteiger partial charge in [0.2, 0.25) is 5.91 Å². The van der Waals surface area contributed by atoms with E-state index >= 15 is 0 Å². The molecule has 2 saturated heterocycles. The minimum absolute atomic E-state index is 0.0461. The van der Waals surface area contributed by atoms with Crippen LogP contribution in [0, 0.1) is 5.92 Å². The van der Waals surface area contributed by atoms with E-state index in [1.54, 1.807) is 7.11 Å². The zero-order chi connectivity index (χ0) is 17.2. The van der Waals surface area contributed by atoms with Gasteiger partial charge < -0.3 is 14.5 Å². The fourth-order valence-corrected chi connectivity index (χ4v) is 3.88. The number of methoxy groups -OCH3 is 1. The lowest BCUT2D eigenvalue weighted by atomic mass is 9.96. The first-order valence-electron chi connectivity index (χ1n) is 9.11. The summed E-state index contributed by atoms with van der Waals surface area (Å²) in [6, 6.07) is 7.80. The average Bonchev–Trinajstić information content (AvgIpc) is 3.21. The van der Waals surface area contributed by atoms with Crippen LogP contribution in [0.4, 0.5) is 5.82 Å². The van der Waals surface area contributed by atoms with E-state index in [2.05, 4.69) is 9.88 Å². The molecule has 1 aromatic heterocycles. The summed E-state index contributed by atoms with van der Waals surface area (Å²) in [7, 11) is 1.62. The third-order valence-corrected chi connectivity index (χ3v) is 5.20. The van der Waals surface area contributed by atoms with Crippen LogP contribution in [0.2, 0.25) is 0 Å². The van der Waals surface area contributed by atoms with Gasteiger partial charge in [-0.3, -0.25) is 4.79 Å². The summed E-state index contributed by atoms with van der Waals surface area (Å²) in [6.45, 7) is 3.40. The van der Waals surface area contributed by atoms with Crippen molar-refractivity contribution in [1.29, 1.82) is 0 Å². The molecular weight excluding hydrogens is 316 g/mol. The molecule has 2 fully saturated rings. The van der Waals surface area contributed by atoms with Gasteiger partial charge in [-0.15, -0.1) is 0 Å². The van der Waals surface area contributed by atoms with Gasteiger partial charge in [0.1, 0.15) is 0 Å². The number of anilines is 1. The van der Waals surface area contributed by atoms with Crippen LogP contribution in [0.25, 0.3) is 11.0 Å². The molecule has 132 valence electrons. The molecule has 3 heterocycles. The number of fused-ring (bicyclic) bond motifs is 1. The van der Waals surface area contributed by atoms with Crippen molar-refractivity contribution in [3.8, 4) is 5.88 Å². The molecule has 2 aliphatic heterocycles. The van der Waals surface area contributed by atoms with Gasteiger partial charge in [0, 0.05) is 26.2 Å². The quantitative estimate of drug-likeness (QED) is 0.859. The van der Waals surface area contributed by atoms with E-state index < -0.39 is 0 Å². The smallest absolute Gasteiger partial charge is 0.257 e. The van der Waals surface area contributed by atoms with Gasteiger partial charge in [-0.2, -0.15) is 0 Å². The standard InChI is InChI=1S/C19H24N4O2/c1-25-18-17(20-15-8-2-3-9-16(15)21-18)23-12-6-7-14(13-23)19(24)22-10-4-5-11-22/h2-3,8-9,14H,4-7,10-13H2,1H3. The third-order valence-electron chi connectivity index (χ3n) is 5.20. The Kier molecular flexibility index (Phi) is 4.42. The van der Waals surface area contributed by atoms with Crippen molar-refractivity contribution in [1.82, 2.24) is 14.9 Å². The molecule has 0 N–H and O–H groups in total. The number of nitrogens with zero attached hydrogens (tertiary/aromatic N) is 4. The number of ether oxygens (including phenoxy) is 1. The molecule has 2 aliphatic rings. The maximum atomic E-state index is 12.8. The van der Waals surface area contributed by atoms with E-state index in [9.17, 15) is 4.79 Å². The molecule has 0 bridgehead atoms. The van der Waals surface area contributed by atoms with Gasteiger partial charge in [0.25, 0.3) is 5.88 Å². The number of carbonyl (C=O) groups is 1. The number of hydrogen-bond donors (Lipinski definition) is 0. The van der Waals surface area contributed by atoms with Gasteiger partial charge in [-0.1, -0.05) is 12.1 Å². The first-order chi connectivity index (χ1) is 12.3. The Hall–Kier alpha value is -2.37. The molecule has 1 atom stereocenters. The van der Waals surface area contributed by atoms with E-state index in [0.717, 1.165) is 62.2 Å². The molecular formula is C19H24N4O2. The predicted octanol–water partition coefficient (Wildman–Crippen LogP) is 2.48. The van der Waals surface area contributed by atoms with Crippen LogP contribution in [-0.4, -0.2) is 54.1 Å². The molecule has 6 heteroatoms. The SMILES string of the molecule is COc1nc2ccccc2nc1N1CCCC(C(=O)N2CCCC2)C1. The Morgan fingerprint density at radius 2 is 1.80 bits per heavy atom. The topological polar surface area (TPSA) is 58.6 Å². The van der Waals surface area contributed by atoms with Gasteiger partial charge in [-0.25, -0.2) is 9.97 Å². The lowest BCUT2D eigenvalue weighted by Crippen LogP contribution is -2.44. The number of piperidine rings is 1. The molecule has 1 aromatic carbocycles. The van der Waals surface area contributed by atoms with E-state index in [0.29, 0.717) is 18.3 Å². The van der Waals surface area contributed by atoms with Gasteiger partial charge in [-0.05, 0) is 37.8 Å². The second kappa shape index (κ2) is 6.86. The molecule has 0 spiro atoms. The Labute approximate surface area is 147 Å². The molecule has 0 saturated carbocycles. The van der Waals surface area contributed by atoms with Gasteiger partial charge in [0.15, 0.2) is 5.82 Å². The highest BCUT2D eigenvalue weighted by Crippen LogP contribution is 2.31. The van der Waals surface area contributed by atoms with Crippen LogP contribution in [0.3, 0.4) is 0 Å². The summed E-state index contributed by atoms with van der Waals surface area (Å²) in [6.07, 6.45) is 4.20. The van der Waals surface area contributed by atoms with Crippen molar-refractivity contribution < 1.29 is 9.53 Å². The zero-order valence-electron chi connectivity index (χ0n) is 14.6. The number of aromatic nitrogens is 2. The summed E-state index contributed by atoms with van der Waals surface area (Å²) >= 11 is 0. The number of amides is 1.